The van der Waals surface area contributed by atoms with Crippen LogP contribution >= 0.6 is 0 Å². The van der Waals surface area contributed by atoms with Crippen molar-refractivity contribution in [1.29, 1.82) is 5.26 Å². The summed E-state index contributed by atoms with van der Waals surface area (Å²) in [5.41, 5.74) is 5.32. The number of nitrogens with zero attached hydrogens (tertiary/aromatic N) is 1. The van der Waals surface area contributed by atoms with Crippen LogP contribution in [0, 0.1) is 11.3 Å². The number of para-hydroxylation sites is 1. The number of hydrogen-bond donors (Lipinski definition) is 1. The van der Waals surface area contributed by atoms with Crippen molar-refractivity contribution in [2.24, 2.45) is 5.73 Å². The lowest BCUT2D eigenvalue weighted by atomic mass is 10.1. The van der Waals surface area contributed by atoms with Crippen LogP contribution in [0.3, 0.4) is 0 Å². The Bertz CT molecular complexity index is 384. The molecule has 1 atom stereocenters. The number of rotatable bonds is 2. The maximum Gasteiger partial charge on any atom is 0.573 e. The first kappa shape index (κ1) is 11.3. The molecule has 0 heterocycles. The van der Waals surface area contributed by atoms with Gasteiger partial charge in [-0.05, 0) is 6.07 Å². The van der Waals surface area contributed by atoms with Gasteiger partial charge in [-0.25, -0.2) is 0 Å². The molecule has 0 aliphatic rings. The Morgan fingerprint density at radius 3 is 2.47 bits per heavy atom. The van der Waals surface area contributed by atoms with Gasteiger partial charge in [0, 0.05) is 5.56 Å². The lowest BCUT2D eigenvalue weighted by Crippen LogP contribution is -2.19. The Hall–Kier alpha value is -1.74. The summed E-state index contributed by atoms with van der Waals surface area (Å²) >= 11 is 0. The zero-order valence-corrected chi connectivity index (χ0v) is 7.45. The second-order valence-corrected chi connectivity index (χ2v) is 2.69. The van der Waals surface area contributed by atoms with Crippen LogP contribution in [0.25, 0.3) is 0 Å². The predicted octanol–water partition coefficient (Wildman–Crippen LogP) is 2.11. The average Bonchev–Trinajstić information content (AvgIpc) is 2.15. The zero-order chi connectivity index (χ0) is 11.5. The van der Waals surface area contributed by atoms with E-state index in [1.165, 1.54) is 18.2 Å². The van der Waals surface area contributed by atoms with E-state index in [9.17, 15) is 13.2 Å². The molecule has 0 saturated carbocycles. The van der Waals surface area contributed by atoms with Crippen LogP contribution in [0.4, 0.5) is 13.2 Å². The molecular weight excluding hydrogens is 209 g/mol. The Balaban J connectivity index is 3.03. The number of nitrogens with two attached hydrogens (primary N) is 1. The fourth-order valence-electron chi connectivity index (χ4n) is 1.02. The van der Waals surface area contributed by atoms with Crippen LogP contribution in [0.2, 0.25) is 0 Å². The lowest BCUT2D eigenvalue weighted by Gasteiger charge is -2.13. The topological polar surface area (TPSA) is 59.0 Å². The molecule has 2 N–H and O–H groups in total. The summed E-state index contributed by atoms with van der Waals surface area (Å²) in [5.74, 6) is -0.445. The molecule has 0 spiro atoms. The van der Waals surface area contributed by atoms with Crippen molar-refractivity contribution in [3.63, 3.8) is 0 Å². The molecular formula is C9H7F3N2O. The number of nitriles is 1. The molecule has 0 radical (unpaired) electrons. The fraction of sp³-hybridized carbons (Fsp3) is 0.222. The van der Waals surface area contributed by atoms with E-state index in [1.54, 1.807) is 6.07 Å². The summed E-state index contributed by atoms with van der Waals surface area (Å²) in [6.45, 7) is 0. The summed E-state index contributed by atoms with van der Waals surface area (Å²) in [7, 11) is 0. The van der Waals surface area contributed by atoms with Gasteiger partial charge in [0.1, 0.15) is 11.8 Å². The first-order chi connectivity index (χ1) is 6.94. The minimum Gasteiger partial charge on any atom is -0.405 e. The summed E-state index contributed by atoms with van der Waals surface area (Å²) in [4.78, 5) is 0. The van der Waals surface area contributed by atoms with E-state index in [0.29, 0.717) is 0 Å². The normalized spacial score (nSPS) is 13.0. The minimum absolute atomic E-state index is 0.0114. The number of ether oxygens (including phenoxy) is 1. The first-order valence-electron chi connectivity index (χ1n) is 3.94. The van der Waals surface area contributed by atoms with Crippen LogP contribution < -0.4 is 10.5 Å². The third-order valence-corrected chi connectivity index (χ3v) is 1.62. The van der Waals surface area contributed by atoms with Crippen LogP contribution in [0.15, 0.2) is 24.3 Å². The van der Waals surface area contributed by atoms with Crippen molar-refractivity contribution in [3.8, 4) is 11.8 Å². The third-order valence-electron chi connectivity index (χ3n) is 1.62. The number of benzene rings is 1. The molecule has 1 aromatic rings. The Morgan fingerprint density at radius 2 is 1.93 bits per heavy atom. The standard InChI is InChI=1S/C9H7F3N2O/c10-9(11,12)15-8-4-2-1-3-6(8)7(14)5-13/h1-4,7H,14H2. The van der Waals surface area contributed by atoms with E-state index in [0.717, 1.165) is 6.07 Å². The van der Waals surface area contributed by atoms with Crippen molar-refractivity contribution in [2.75, 3.05) is 0 Å². The minimum atomic E-state index is -4.79. The van der Waals surface area contributed by atoms with Crippen molar-refractivity contribution in [3.05, 3.63) is 29.8 Å². The van der Waals surface area contributed by atoms with Gasteiger partial charge in [0.15, 0.2) is 0 Å². The van der Waals surface area contributed by atoms with E-state index in [2.05, 4.69) is 4.74 Å². The van der Waals surface area contributed by atoms with Crippen molar-refractivity contribution in [1.82, 2.24) is 0 Å². The van der Waals surface area contributed by atoms with Crippen molar-refractivity contribution < 1.29 is 17.9 Å². The highest BCUT2D eigenvalue weighted by Crippen LogP contribution is 2.28. The predicted molar refractivity (Wildman–Crippen MR) is 45.7 cm³/mol. The molecule has 0 aromatic heterocycles. The fourth-order valence-corrected chi connectivity index (χ4v) is 1.02. The molecule has 0 aliphatic heterocycles. The summed E-state index contributed by atoms with van der Waals surface area (Å²) in [5, 5.41) is 8.50. The van der Waals surface area contributed by atoms with Crippen LogP contribution in [0.5, 0.6) is 5.75 Å². The molecule has 0 saturated heterocycles. The maximum absolute atomic E-state index is 11.9. The highest BCUT2D eigenvalue weighted by molar-refractivity contribution is 5.38. The van der Waals surface area contributed by atoms with Gasteiger partial charge in [0.05, 0.1) is 6.07 Å². The van der Waals surface area contributed by atoms with Gasteiger partial charge in [-0.15, -0.1) is 13.2 Å². The summed E-state index contributed by atoms with van der Waals surface area (Å²) in [6.07, 6.45) is -4.79. The third kappa shape index (κ3) is 3.14. The summed E-state index contributed by atoms with van der Waals surface area (Å²) < 4.78 is 39.6. The molecule has 1 rings (SSSR count). The SMILES string of the molecule is N#CC(N)c1ccccc1OC(F)(F)F. The lowest BCUT2D eigenvalue weighted by molar-refractivity contribution is -0.274. The molecule has 0 fully saturated rings. The van der Waals surface area contributed by atoms with E-state index in [-0.39, 0.29) is 5.56 Å². The van der Waals surface area contributed by atoms with Gasteiger partial charge < -0.3 is 10.5 Å². The van der Waals surface area contributed by atoms with Crippen LogP contribution in [-0.4, -0.2) is 6.36 Å². The van der Waals surface area contributed by atoms with Crippen molar-refractivity contribution in [2.45, 2.75) is 12.4 Å². The number of halogens is 3. The molecule has 0 amide bonds. The Labute approximate surface area is 83.9 Å². The largest absolute Gasteiger partial charge is 0.573 e. The Morgan fingerprint density at radius 1 is 1.33 bits per heavy atom. The molecule has 0 bridgehead atoms. The maximum atomic E-state index is 11.9. The molecule has 6 heteroatoms. The Kier molecular flexibility index (Phi) is 3.17. The van der Waals surface area contributed by atoms with Gasteiger partial charge in [-0.2, -0.15) is 5.26 Å². The van der Waals surface area contributed by atoms with E-state index in [1.807, 2.05) is 0 Å². The highest BCUT2D eigenvalue weighted by atomic mass is 19.4. The van der Waals surface area contributed by atoms with Crippen LogP contribution in [-0.2, 0) is 0 Å². The number of alkyl halides is 3. The van der Waals surface area contributed by atoms with E-state index in [4.69, 9.17) is 11.0 Å². The van der Waals surface area contributed by atoms with Gasteiger partial charge in [-0.3, -0.25) is 0 Å². The molecule has 15 heavy (non-hydrogen) atoms. The molecule has 1 unspecified atom stereocenters. The van der Waals surface area contributed by atoms with E-state index >= 15 is 0 Å². The van der Waals surface area contributed by atoms with Gasteiger partial charge in [-0.1, -0.05) is 18.2 Å². The average molecular weight is 216 g/mol. The van der Waals surface area contributed by atoms with Gasteiger partial charge >= 0.3 is 6.36 Å². The van der Waals surface area contributed by atoms with Crippen molar-refractivity contribution >= 4 is 0 Å². The van der Waals surface area contributed by atoms with Gasteiger partial charge in [0.2, 0.25) is 0 Å². The van der Waals surface area contributed by atoms with E-state index < -0.39 is 18.2 Å². The highest BCUT2D eigenvalue weighted by Gasteiger charge is 2.32. The molecule has 0 aliphatic carbocycles. The number of hydrogen-bond acceptors (Lipinski definition) is 3. The smallest absolute Gasteiger partial charge is 0.405 e. The first-order valence-corrected chi connectivity index (χ1v) is 3.94. The quantitative estimate of drug-likeness (QED) is 0.823. The molecule has 80 valence electrons. The second kappa shape index (κ2) is 4.19. The molecule has 1 aromatic carbocycles. The van der Waals surface area contributed by atoms with Crippen LogP contribution in [0.1, 0.15) is 11.6 Å². The monoisotopic (exact) mass is 216 g/mol. The second-order valence-electron chi connectivity index (χ2n) is 2.69. The molecule has 3 nitrogen and oxygen atoms in total. The summed E-state index contributed by atoms with van der Waals surface area (Å²) in [6, 6.07) is 5.78. The zero-order valence-electron chi connectivity index (χ0n) is 7.45. The van der Waals surface area contributed by atoms with Gasteiger partial charge in [0.25, 0.3) is 0 Å².